The highest BCUT2D eigenvalue weighted by atomic mass is 32.1. The Morgan fingerprint density at radius 2 is 2.05 bits per heavy atom. The van der Waals surface area contributed by atoms with E-state index in [-0.39, 0.29) is 11.8 Å². The predicted octanol–water partition coefficient (Wildman–Crippen LogP) is 2.60. The molecule has 1 saturated heterocycles. The molecule has 0 spiro atoms. The minimum Gasteiger partial charge on any atom is -0.316 e. The van der Waals surface area contributed by atoms with Crippen molar-refractivity contribution in [2.75, 3.05) is 18.4 Å². The van der Waals surface area contributed by atoms with Gasteiger partial charge in [0.25, 0.3) is 0 Å². The van der Waals surface area contributed by atoms with Gasteiger partial charge in [-0.2, -0.15) is 0 Å². The van der Waals surface area contributed by atoms with Gasteiger partial charge >= 0.3 is 0 Å². The third-order valence-corrected chi connectivity index (χ3v) is 5.58. The summed E-state index contributed by atoms with van der Waals surface area (Å²) in [4.78, 5) is 18.3. The maximum atomic E-state index is 12.2. The van der Waals surface area contributed by atoms with Crippen LogP contribution in [0.5, 0.6) is 0 Å². The average Bonchev–Trinajstić information content (AvgIpc) is 2.68. The molecule has 1 fully saturated rings. The summed E-state index contributed by atoms with van der Waals surface area (Å²) in [5.74, 6) is 0.678. The van der Waals surface area contributed by atoms with Crippen LogP contribution in [-0.2, 0) is 17.6 Å². The normalized spacial score (nSPS) is 21.2. The molecule has 2 aliphatic rings. The maximum absolute atomic E-state index is 12.2. The number of aromatic nitrogens is 1. The zero-order valence-corrected chi connectivity index (χ0v) is 12.9. The van der Waals surface area contributed by atoms with Gasteiger partial charge in [-0.15, -0.1) is 11.3 Å². The van der Waals surface area contributed by atoms with Crippen molar-refractivity contribution in [2.45, 2.75) is 45.4 Å². The van der Waals surface area contributed by atoms with Crippen LogP contribution in [-0.4, -0.2) is 24.0 Å². The summed E-state index contributed by atoms with van der Waals surface area (Å²) in [6.45, 7) is 3.94. The highest BCUT2D eigenvalue weighted by molar-refractivity contribution is 7.15. The molecule has 1 aliphatic carbocycles. The number of fused-ring (bicyclic) bond motifs is 1. The van der Waals surface area contributed by atoms with Crippen LogP contribution in [0.4, 0.5) is 5.13 Å². The van der Waals surface area contributed by atoms with Crippen LogP contribution < -0.4 is 10.6 Å². The number of carbonyl (C=O) groups is 1. The lowest BCUT2D eigenvalue weighted by molar-refractivity contribution is -0.121. The maximum Gasteiger partial charge on any atom is 0.229 e. The number of hydrogen-bond acceptors (Lipinski definition) is 4. The molecule has 0 bridgehead atoms. The van der Waals surface area contributed by atoms with E-state index in [0.29, 0.717) is 5.92 Å². The van der Waals surface area contributed by atoms with E-state index in [1.165, 1.54) is 36.3 Å². The Hall–Kier alpha value is -0.940. The summed E-state index contributed by atoms with van der Waals surface area (Å²) >= 11 is 1.68. The molecule has 1 amide bonds. The summed E-state index contributed by atoms with van der Waals surface area (Å²) in [5, 5.41) is 7.06. The summed E-state index contributed by atoms with van der Waals surface area (Å²) in [7, 11) is 0. The molecule has 1 atom stereocenters. The topological polar surface area (TPSA) is 54.0 Å². The molecule has 2 heterocycles. The van der Waals surface area contributed by atoms with Gasteiger partial charge in [0.15, 0.2) is 5.13 Å². The largest absolute Gasteiger partial charge is 0.316 e. The van der Waals surface area contributed by atoms with E-state index in [9.17, 15) is 4.79 Å². The van der Waals surface area contributed by atoms with Gasteiger partial charge in [-0.25, -0.2) is 4.98 Å². The number of nitrogens with one attached hydrogen (secondary N) is 2. The van der Waals surface area contributed by atoms with E-state index in [2.05, 4.69) is 15.6 Å². The van der Waals surface area contributed by atoms with E-state index in [0.717, 1.165) is 31.1 Å². The second-order valence-electron chi connectivity index (χ2n) is 6.00. The van der Waals surface area contributed by atoms with Crippen molar-refractivity contribution in [1.29, 1.82) is 0 Å². The first-order valence-electron chi connectivity index (χ1n) is 7.74. The van der Waals surface area contributed by atoms with Gasteiger partial charge in [0, 0.05) is 10.8 Å². The molecule has 0 aromatic carbocycles. The van der Waals surface area contributed by atoms with Gasteiger partial charge in [-0.05, 0) is 44.7 Å². The monoisotopic (exact) mass is 293 g/mol. The second kappa shape index (κ2) is 6.22. The van der Waals surface area contributed by atoms with Crippen LogP contribution in [0.2, 0.25) is 0 Å². The lowest BCUT2D eigenvalue weighted by Gasteiger charge is -2.31. The van der Waals surface area contributed by atoms with Crippen molar-refractivity contribution in [3.8, 4) is 0 Å². The molecule has 0 saturated carbocycles. The summed E-state index contributed by atoms with van der Waals surface area (Å²) in [6, 6.07) is 0. The Balaban J connectivity index is 1.64. The number of carbonyl (C=O) groups excluding carboxylic acids is 1. The van der Waals surface area contributed by atoms with Crippen molar-refractivity contribution < 1.29 is 4.79 Å². The van der Waals surface area contributed by atoms with Gasteiger partial charge in [-0.1, -0.05) is 19.8 Å². The summed E-state index contributed by atoms with van der Waals surface area (Å²) in [5.41, 5.74) is 1.22. The molecular weight excluding hydrogens is 270 g/mol. The Bertz CT molecular complexity index is 456. The molecule has 1 aromatic rings. The van der Waals surface area contributed by atoms with Crippen LogP contribution in [0.1, 0.15) is 43.2 Å². The average molecular weight is 293 g/mol. The summed E-state index contributed by atoms with van der Waals surface area (Å²) < 4.78 is 0. The molecule has 20 heavy (non-hydrogen) atoms. The highest BCUT2D eigenvalue weighted by Gasteiger charge is 2.29. The predicted molar refractivity (Wildman–Crippen MR) is 82.1 cm³/mol. The molecule has 1 unspecified atom stereocenters. The van der Waals surface area contributed by atoms with Crippen LogP contribution in [0.15, 0.2) is 0 Å². The first kappa shape index (κ1) is 14.0. The lowest BCUT2D eigenvalue weighted by Crippen LogP contribution is -2.48. The van der Waals surface area contributed by atoms with Crippen LogP contribution >= 0.6 is 11.3 Å². The smallest absolute Gasteiger partial charge is 0.229 e. The van der Waals surface area contributed by atoms with E-state index < -0.39 is 0 Å². The fourth-order valence-electron chi connectivity index (χ4n) is 2.86. The van der Waals surface area contributed by atoms with E-state index in [4.69, 9.17) is 0 Å². The SMILES string of the molecule is CC(C(=O)Nc1nc2c(s1)CCCCCC2)C1CNC1. The molecule has 110 valence electrons. The van der Waals surface area contributed by atoms with Crippen LogP contribution in [0, 0.1) is 11.8 Å². The Labute approximate surface area is 124 Å². The van der Waals surface area contributed by atoms with Crippen molar-refractivity contribution in [1.82, 2.24) is 10.3 Å². The Morgan fingerprint density at radius 1 is 1.30 bits per heavy atom. The van der Waals surface area contributed by atoms with Crippen molar-refractivity contribution >= 4 is 22.4 Å². The van der Waals surface area contributed by atoms with Crippen LogP contribution in [0.25, 0.3) is 0 Å². The number of amides is 1. The van der Waals surface area contributed by atoms with Crippen LogP contribution in [0.3, 0.4) is 0 Å². The fraction of sp³-hybridized carbons (Fsp3) is 0.733. The van der Waals surface area contributed by atoms with Gasteiger partial charge in [-0.3, -0.25) is 4.79 Å². The number of hydrogen-bond donors (Lipinski definition) is 2. The standard InChI is InChI=1S/C15H23N3OS/c1-10(11-8-16-9-11)14(19)18-15-17-12-6-4-2-3-5-7-13(12)20-15/h10-11,16H,2-9H2,1H3,(H,17,18,19). The molecular formula is C15H23N3OS. The van der Waals surface area contributed by atoms with E-state index in [1.807, 2.05) is 6.92 Å². The Morgan fingerprint density at radius 3 is 2.75 bits per heavy atom. The molecule has 3 rings (SSSR count). The number of rotatable bonds is 3. The zero-order chi connectivity index (χ0) is 13.9. The van der Waals surface area contributed by atoms with Crippen molar-refractivity contribution in [3.05, 3.63) is 10.6 Å². The van der Waals surface area contributed by atoms with Gasteiger partial charge in [0.1, 0.15) is 0 Å². The minimum atomic E-state index is 0.0720. The first-order chi connectivity index (χ1) is 9.74. The highest BCUT2D eigenvalue weighted by Crippen LogP contribution is 2.29. The number of anilines is 1. The third-order valence-electron chi connectivity index (χ3n) is 4.51. The zero-order valence-electron chi connectivity index (χ0n) is 12.1. The molecule has 2 N–H and O–H groups in total. The second-order valence-corrected chi connectivity index (χ2v) is 7.08. The molecule has 5 heteroatoms. The Kier molecular flexibility index (Phi) is 4.36. The van der Waals surface area contributed by atoms with E-state index >= 15 is 0 Å². The first-order valence-corrected chi connectivity index (χ1v) is 8.56. The quantitative estimate of drug-likeness (QED) is 0.900. The third kappa shape index (κ3) is 3.04. The molecule has 1 aromatic heterocycles. The number of thiazole rings is 1. The number of aryl methyl sites for hydroxylation is 2. The van der Waals surface area contributed by atoms with Crippen molar-refractivity contribution in [3.63, 3.8) is 0 Å². The summed E-state index contributed by atoms with van der Waals surface area (Å²) in [6.07, 6.45) is 7.32. The molecule has 0 radical (unpaired) electrons. The number of nitrogens with zero attached hydrogens (tertiary/aromatic N) is 1. The molecule has 4 nitrogen and oxygen atoms in total. The van der Waals surface area contributed by atoms with Gasteiger partial charge in [0.05, 0.1) is 5.69 Å². The van der Waals surface area contributed by atoms with Gasteiger partial charge in [0.2, 0.25) is 5.91 Å². The van der Waals surface area contributed by atoms with E-state index in [1.54, 1.807) is 11.3 Å². The fourth-order valence-corrected chi connectivity index (χ4v) is 3.91. The minimum absolute atomic E-state index is 0.0720. The van der Waals surface area contributed by atoms with Gasteiger partial charge < -0.3 is 10.6 Å². The lowest BCUT2D eigenvalue weighted by atomic mass is 9.88. The molecule has 1 aliphatic heterocycles. The van der Waals surface area contributed by atoms with Crippen molar-refractivity contribution in [2.24, 2.45) is 11.8 Å².